The molecule has 174 valence electrons. The molecule has 0 bridgehead atoms. The number of methoxy groups -OCH3 is 1. The van der Waals surface area contributed by atoms with Crippen molar-refractivity contribution >= 4 is 39.2 Å². The molecule has 2 heterocycles. The number of thiophene rings is 1. The number of hydrogen-bond donors (Lipinski definition) is 1. The van der Waals surface area contributed by atoms with E-state index in [1.807, 2.05) is 54.6 Å². The molecule has 34 heavy (non-hydrogen) atoms. The smallest absolute Gasteiger partial charge is 0.267 e. The first-order valence-electron chi connectivity index (χ1n) is 11.3. The van der Waals surface area contributed by atoms with Crippen LogP contribution >= 0.6 is 23.1 Å². The summed E-state index contributed by atoms with van der Waals surface area (Å²) in [6, 6.07) is 17.1. The highest BCUT2D eigenvalue weighted by atomic mass is 32.2. The quantitative estimate of drug-likeness (QED) is 0.299. The molecule has 2 aromatic heterocycles. The monoisotopic (exact) mass is 491 g/mol. The molecule has 8 heteroatoms. The summed E-state index contributed by atoms with van der Waals surface area (Å²) in [5.41, 5.74) is 2.88. The molecule has 0 saturated carbocycles. The number of benzene rings is 2. The van der Waals surface area contributed by atoms with E-state index in [1.165, 1.54) is 22.2 Å². The van der Waals surface area contributed by atoms with Crippen molar-refractivity contribution in [2.24, 2.45) is 0 Å². The maximum absolute atomic E-state index is 13.7. The first-order chi connectivity index (χ1) is 16.6. The Balaban J connectivity index is 1.40. The summed E-state index contributed by atoms with van der Waals surface area (Å²) in [6.07, 6.45) is 4.20. The van der Waals surface area contributed by atoms with Gasteiger partial charge in [-0.1, -0.05) is 42.1 Å². The fourth-order valence-corrected chi connectivity index (χ4v) is 6.36. The Morgan fingerprint density at radius 2 is 1.88 bits per heavy atom. The number of rotatable bonds is 7. The van der Waals surface area contributed by atoms with Crippen LogP contribution in [0.2, 0.25) is 0 Å². The molecular formula is C26H25N3O3S2. The van der Waals surface area contributed by atoms with Gasteiger partial charge in [0.1, 0.15) is 10.6 Å². The molecule has 0 unspecified atom stereocenters. The third kappa shape index (κ3) is 4.60. The summed E-state index contributed by atoms with van der Waals surface area (Å²) in [5, 5.41) is 4.23. The number of carbonyl (C=O) groups is 1. The van der Waals surface area contributed by atoms with Gasteiger partial charge in [0.15, 0.2) is 5.16 Å². The topological polar surface area (TPSA) is 73.2 Å². The fourth-order valence-electron chi connectivity index (χ4n) is 4.21. The van der Waals surface area contributed by atoms with Gasteiger partial charge in [0.2, 0.25) is 5.91 Å². The van der Waals surface area contributed by atoms with E-state index in [4.69, 9.17) is 9.72 Å². The van der Waals surface area contributed by atoms with E-state index in [2.05, 4.69) is 5.32 Å². The van der Waals surface area contributed by atoms with Crippen molar-refractivity contribution < 1.29 is 9.53 Å². The maximum Gasteiger partial charge on any atom is 0.267 e. The van der Waals surface area contributed by atoms with Gasteiger partial charge in [-0.25, -0.2) is 4.98 Å². The zero-order valence-corrected chi connectivity index (χ0v) is 20.5. The standard InChI is InChI=1S/C26H25N3O3S2/c1-32-19-13-11-17(12-14-19)15-27-22(30)16-33-26-28-24-23(20-9-5-6-10-21(20)34-24)25(31)29(26)18-7-3-2-4-8-18/h2-4,7-8,11-14H,5-6,9-10,15-16H2,1H3,(H,27,30). The summed E-state index contributed by atoms with van der Waals surface area (Å²) in [4.78, 5) is 33.2. The lowest BCUT2D eigenvalue weighted by atomic mass is 9.97. The number of hydrogen-bond acceptors (Lipinski definition) is 6. The second-order valence-corrected chi connectivity index (χ2v) is 10.2. The third-order valence-electron chi connectivity index (χ3n) is 5.95. The Morgan fingerprint density at radius 1 is 1.12 bits per heavy atom. The summed E-state index contributed by atoms with van der Waals surface area (Å²) >= 11 is 2.92. The predicted octanol–water partition coefficient (Wildman–Crippen LogP) is 4.74. The number of para-hydroxylation sites is 1. The normalized spacial score (nSPS) is 13.0. The van der Waals surface area contributed by atoms with Crippen LogP contribution in [0.4, 0.5) is 0 Å². The Morgan fingerprint density at radius 3 is 2.65 bits per heavy atom. The van der Waals surface area contributed by atoms with Gasteiger partial charge in [0.05, 0.1) is 23.9 Å². The highest BCUT2D eigenvalue weighted by molar-refractivity contribution is 7.99. The summed E-state index contributed by atoms with van der Waals surface area (Å²) < 4.78 is 6.83. The molecule has 1 aliphatic rings. The molecule has 4 aromatic rings. The highest BCUT2D eigenvalue weighted by Crippen LogP contribution is 2.35. The first kappa shape index (κ1) is 22.7. The number of nitrogens with one attached hydrogen (secondary N) is 1. The second kappa shape index (κ2) is 10.0. The number of amides is 1. The van der Waals surface area contributed by atoms with Gasteiger partial charge in [-0.05, 0) is 61.1 Å². The van der Waals surface area contributed by atoms with E-state index in [9.17, 15) is 9.59 Å². The molecule has 5 rings (SSSR count). The average Bonchev–Trinajstić information content (AvgIpc) is 3.25. The fraction of sp³-hybridized carbons (Fsp3) is 0.269. The van der Waals surface area contributed by atoms with E-state index in [0.29, 0.717) is 11.7 Å². The molecular weight excluding hydrogens is 466 g/mol. The van der Waals surface area contributed by atoms with Crippen LogP contribution in [-0.4, -0.2) is 28.3 Å². The number of aryl methyl sites for hydroxylation is 2. The lowest BCUT2D eigenvalue weighted by Crippen LogP contribution is -2.26. The Labute approximate surface area is 206 Å². The molecule has 1 N–H and O–H groups in total. The van der Waals surface area contributed by atoms with Crippen molar-refractivity contribution in [1.82, 2.24) is 14.9 Å². The second-order valence-electron chi connectivity index (χ2n) is 8.18. The minimum absolute atomic E-state index is 0.0447. The number of carbonyl (C=O) groups excluding carboxylic acids is 1. The first-order valence-corrected chi connectivity index (χ1v) is 13.1. The highest BCUT2D eigenvalue weighted by Gasteiger charge is 2.23. The summed E-state index contributed by atoms with van der Waals surface area (Å²) in [7, 11) is 1.62. The lowest BCUT2D eigenvalue weighted by molar-refractivity contribution is -0.118. The van der Waals surface area contributed by atoms with Crippen LogP contribution in [0.15, 0.2) is 64.5 Å². The van der Waals surface area contributed by atoms with Gasteiger partial charge in [-0.2, -0.15) is 0 Å². The largest absolute Gasteiger partial charge is 0.497 e. The van der Waals surface area contributed by atoms with Gasteiger partial charge in [-0.15, -0.1) is 11.3 Å². The van der Waals surface area contributed by atoms with Crippen molar-refractivity contribution in [3.8, 4) is 11.4 Å². The molecule has 1 aliphatic carbocycles. The van der Waals surface area contributed by atoms with Crippen molar-refractivity contribution in [2.45, 2.75) is 37.4 Å². The van der Waals surface area contributed by atoms with Gasteiger partial charge in [-0.3, -0.25) is 14.2 Å². The van der Waals surface area contributed by atoms with E-state index in [0.717, 1.165) is 52.9 Å². The molecule has 0 atom stereocenters. The molecule has 0 radical (unpaired) electrons. The molecule has 0 fully saturated rings. The summed E-state index contributed by atoms with van der Waals surface area (Å²) in [5.74, 6) is 0.841. The Hall–Kier alpha value is -3.10. The van der Waals surface area contributed by atoms with Crippen LogP contribution in [-0.2, 0) is 24.2 Å². The Bertz CT molecular complexity index is 1380. The Kier molecular flexibility index (Phi) is 6.69. The van der Waals surface area contributed by atoms with Crippen LogP contribution < -0.4 is 15.6 Å². The van der Waals surface area contributed by atoms with Crippen LogP contribution in [0.5, 0.6) is 5.75 Å². The van der Waals surface area contributed by atoms with E-state index in [1.54, 1.807) is 23.0 Å². The van der Waals surface area contributed by atoms with Gasteiger partial charge in [0.25, 0.3) is 5.56 Å². The molecule has 2 aromatic carbocycles. The third-order valence-corrected chi connectivity index (χ3v) is 8.08. The minimum atomic E-state index is -0.111. The van der Waals surface area contributed by atoms with Gasteiger partial charge >= 0.3 is 0 Å². The molecule has 6 nitrogen and oxygen atoms in total. The maximum atomic E-state index is 13.7. The van der Waals surface area contributed by atoms with Crippen molar-refractivity contribution in [3.63, 3.8) is 0 Å². The van der Waals surface area contributed by atoms with Crippen molar-refractivity contribution in [2.75, 3.05) is 12.9 Å². The van der Waals surface area contributed by atoms with Crippen LogP contribution in [0.1, 0.15) is 28.8 Å². The number of ether oxygens (including phenoxy) is 1. The molecule has 0 aliphatic heterocycles. The number of nitrogens with zero attached hydrogens (tertiary/aromatic N) is 2. The molecule has 0 saturated heterocycles. The van der Waals surface area contributed by atoms with E-state index < -0.39 is 0 Å². The number of aromatic nitrogens is 2. The van der Waals surface area contributed by atoms with E-state index >= 15 is 0 Å². The minimum Gasteiger partial charge on any atom is -0.497 e. The SMILES string of the molecule is COc1ccc(CNC(=O)CSc2nc3sc4c(c3c(=O)n2-c2ccccc2)CCCC4)cc1. The van der Waals surface area contributed by atoms with Crippen LogP contribution in [0, 0.1) is 0 Å². The zero-order valence-electron chi connectivity index (χ0n) is 18.9. The lowest BCUT2D eigenvalue weighted by Gasteiger charge is -2.13. The number of fused-ring (bicyclic) bond motifs is 3. The van der Waals surface area contributed by atoms with Gasteiger partial charge < -0.3 is 10.1 Å². The van der Waals surface area contributed by atoms with Crippen molar-refractivity contribution in [1.29, 1.82) is 0 Å². The van der Waals surface area contributed by atoms with Gasteiger partial charge in [0, 0.05) is 11.4 Å². The predicted molar refractivity (Wildman–Crippen MR) is 137 cm³/mol. The van der Waals surface area contributed by atoms with Crippen LogP contribution in [0.3, 0.4) is 0 Å². The average molecular weight is 492 g/mol. The summed E-state index contributed by atoms with van der Waals surface area (Å²) in [6.45, 7) is 0.430. The molecule has 0 spiro atoms. The van der Waals surface area contributed by atoms with Crippen LogP contribution in [0.25, 0.3) is 15.9 Å². The van der Waals surface area contributed by atoms with Crippen molar-refractivity contribution in [3.05, 3.63) is 81.0 Å². The molecule has 1 amide bonds. The number of thioether (sulfide) groups is 1. The van der Waals surface area contributed by atoms with E-state index in [-0.39, 0.29) is 17.2 Å². The zero-order chi connectivity index (χ0) is 23.5.